The minimum Gasteiger partial charge on any atom is -0.434 e. The molecular formula is C12H11ClF2O. The number of halogens is 3. The van der Waals surface area contributed by atoms with Crippen molar-refractivity contribution in [3.05, 3.63) is 29.3 Å². The van der Waals surface area contributed by atoms with E-state index < -0.39 is 6.61 Å². The number of benzene rings is 1. The summed E-state index contributed by atoms with van der Waals surface area (Å²) in [4.78, 5) is 0. The Labute approximate surface area is 98.4 Å². The smallest absolute Gasteiger partial charge is 0.387 e. The van der Waals surface area contributed by atoms with Crippen molar-refractivity contribution in [3.8, 4) is 17.6 Å². The number of rotatable bonds is 3. The maximum atomic E-state index is 12.1. The molecule has 16 heavy (non-hydrogen) atoms. The van der Waals surface area contributed by atoms with Gasteiger partial charge in [-0.3, -0.25) is 0 Å². The number of aryl methyl sites for hydroxylation is 1. The van der Waals surface area contributed by atoms with E-state index in [1.807, 2.05) is 6.92 Å². The summed E-state index contributed by atoms with van der Waals surface area (Å²) in [5.74, 6) is 6.07. The average molecular weight is 245 g/mol. The van der Waals surface area contributed by atoms with Gasteiger partial charge in [0.25, 0.3) is 0 Å². The van der Waals surface area contributed by atoms with Gasteiger partial charge in [0.15, 0.2) is 0 Å². The number of hydrogen-bond acceptors (Lipinski definition) is 1. The quantitative estimate of drug-likeness (QED) is 0.583. The van der Waals surface area contributed by atoms with Crippen LogP contribution in [0.15, 0.2) is 18.2 Å². The molecule has 0 fully saturated rings. The van der Waals surface area contributed by atoms with Crippen LogP contribution in [0.4, 0.5) is 8.78 Å². The molecule has 0 unspecified atom stereocenters. The lowest BCUT2D eigenvalue weighted by Gasteiger charge is -2.07. The monoisotopic (exact) mass is 244 g/mol. The molecule has 0 N–H and O–H groups in total. The average Bonchev–Trinajstić information content (AvgIpc) is 2.22. The van der Waals surface area contributed by atoms with E-state index in [-0.39, 0.29) is 5.75 Å². The van der Waals surface area contributed by atoms with Gasteiger partial charge in [-0.1, -0.05) is 17.9 Å². The van der Waals surface area contributed by atoms with Gasteiger partial charge in [-0.15, -0.1) is 11.6 Å². The van der Waals surface area contributed by atoms with Crippen LogP contribution in [0, 0.1) is 18.8 Å². The Kier molecular flexibility index (Phi) is 5.07. The summed E-state index contributed by atoms with van der Waals surface area (Å²) in [5, 5.41) is 0. The van der Waals surface area contributed by atoms with Crippen molar-refractivity contribution in [2.75, 3.05) is 5.88 Å². The Morgan fingerprint density at radius 1 is 1.44 bits per heavy atom. The first-order valence-corrected chi connectivity index (χ1v) is 5.27. The highest BCUT2D eigenvalue weighted by Crippen LogP contribution is 2.21. The zero-order chi connectivity index (χ0) is 12.0. The number of hydrogen-bond donors (Lipinski definition) is 0. The topological polar surface area (TPSA) is 9.23 Å². The van der Waals surface area contributed by atoms with E-state index in [0.717, 1.165) is 5.56 Å². The van der Waals surface area contributed by atoms with Gasteiger partial charge >= 0.3 is 6.61 Å². The second kappa shape index (κ2) is 6.34. The molecule has 0 atom stereocenters. The highest BCUT2D eigenvalue weighted by molar-refractivity contribution is 6.18. The van der Waals surface area contributed by atoms with Crippen LogP contribution < -0.4 is 4.74 Å². The van der Waals surface area contributed by atoms with E-state index in [2.05, 4.69) is 16.6 Å². The standard InChI is InChI=1S/C12H11ClF2O/c1-9-5-6-11(16-12(14)15)10(8-9)4-2-3-7-13/h5-6,8,12H,3,7H2,1H3. The van der Waals surface area contributed by atoms with Gasteiger partial charge in [-0.2, -0.15) is 8.78 Å². The van der Waals surface area contributed by atoms with Crippen LogP contribution in [0.25, 0.3) is 0 Å². The van der Waals surface area contributed by atoms with Crippen molar-refractivity contribution >= 4 is 11.6 Å². The fourth-order valence-electron chi connectivity index (χ4n) is 1.15. The molecular weight excluding hydrogens is 234 g/mol. The lowest BCUT2D eigenvalue weighted by Crippen LogP contribution is -2.03. The third-order valence-corrected chi connectivity index (χ3v) is 1.98. The highest BCUT2D eigenvalue weighted by atomic mass is 35.5. The van der Waals surface area contributed by atoms with Crippen molar-refractivity contribution in [2.24, 2.45) is 0 Å². The molecule has 1 rings (SSSR count). The molecule has 0 aromatic heterocycles. The molecule has 86 valence electrons. The summed E-state index contributed by atoms with van der Waals surface area (Å²) in [5.41, 5.74) is 1.40. The molecule has 0 aliphatic rings. The maximum Gasteiger partial charge on any atom is 0.387 e. The first-order chi connectivity index (χ1) is 7.63. The normalized spacial score (nSPS) is 9.81. The lowest BCUT2D eigenvalue weighted by molar-refractivity contribution is -0.0500. The Balaban J connectivity index is 2.95. The molecule has 0 saturated carbocycles. The second-order valence-electron chi connectivity index (χ2n) is 3.12. The van der Waals surface area contributed by atoms with Gasteiger partial charge < -0.3 is 4.74 Å². The maximum absolute atomic E-state index is 12.1. The zero-order valence-electron chi connectivity index (χ0n) is 8.77. The minimum atomic E-state index is -2.84. The largest absolute Gasteiger partial charge is 0.434 e. The van der Waals surface area contributed by atoms with Gasteiger partial charge in [0.1, 0.15) is 5.75 Å². The summed E-state index contributed by atoms with van der Waals surface area (Å²) in [6, 6.07) is 4.90. The summed E-state index contributed by atoms with van der Waals surface area (Å²) in [6.45, 7) is -0.977. The molecule has 1 nitrogen and oxygen atoms in total. The first-order valence-electron chi connectivity index (χ1n) is 4.74. The van der Waals surface area contributed by atoms with Crippen LogP contribution in [0.1, 0.15) is 17.5 Å². The molecule has 0 saturated heterocycles. The molecule has 0 bridgehead atoms. The van der Waals surface area contributed by atoms with Crippen LogP contribution in [0.3, 0.4) is 0 Å². The lowest BCUT2D eigenvalue weighted by atomic mass is 10.1. The van der Waals surface area contributed by atoms with E-state index in [0.29, 0.717) is 17.9 Å². The van der Waals surface area contributed by atoms with Gasteiger partial charge in [0.2, 0.25) is 0 Å². The third-order valence-electron chi connectivity index (χ3n) is 1.79. The molecule has 1 aromatic rings. The van der Waals surface area contributed by atoms with Gasteiger partial charge in [0.05, 0.1) is 5.56 Å². The van der Waals surface area contributed by atoms with Crippen LogP contribution in [0.5, 0.6) is 5.75 Å². The highest BCUT2D eigenvalue weighted by Gasteiger charge is 2.07. The molecule has 0 amide bonds. The number of alkyl halides is 3. The van der Waals surface area contributed by atoms with Gasteiger partial charge in [-0.05, 0) is 24.6 Å². The van der Waals surface area contributed by atoms with E-state index in [4.69, 9.17) is 11.6 Å². The van der Waals surface area contributed by atoms with Crippen molar-refractivity contribution in [3.63, 3.8) is 0 Å². The van der Waals surface area contributed by atoms with Crippen LogP contribution in [-0.4, -0.2) is 12.5 Å². The summed E-state index contributed by atoms with van der Waals surface area (Å²) < 4.78 is 28.6. The fraction of sp³-hybridized carbons (Fsp3) is 0.333. The third kappa shape index (κ3) is 4.08. The molecule has 0 aliphatic heterocycles. The molecule has 1 aromatic carbocycles. The first kappa shape index (κ1) is 12.8. The number of ether oxygens (including phenoxy) is 1. The predicted octanol–water partition coefficient (Wildman–Crippen LogP) is 3.58. The summed E-state index contributed by atoms with van der Waals surface area (Å²) in [7, 11) is 0. The van der Waals surface area contributed by atoms with E-state index in [9.17, 15) is 8.78 Å². The summed E-state index contributed by atoms with van der Waals surface area (Å²) in [6.07, 6.45) is 0.517. The molecule has 0 aliphatic carbocycles. The van der Waals surface area contributed by atoms with Crippen molar-refractivity contribution in [1.82, 2.24) is 0 Å². The Hall–Kier alpha value is -1.27. The minimum absolute atomic E-state index is 0.0997. The second-order valence-corrected chi connectivity index (χ2v) is 3.50. The van der Waals surface area contributed by atoms with Crippen LogP contribution >= 0.6 is 11.6 Å². The van der Waals surface area contributed by atoms with Crippen molar-refractivity contribution in [1.29, 1.82) is 0 Å². The zero-order valence-corrected chi connectivity index (χ0v) is 9.52. The van der Waals surface area contributed by atoms with E-state index in [1.165, 1.54) is 6.07 Å². The Bertz CT molecular complexity index is 407. The van der Waals surface area contributed by atoms with Crippen LogP contribution in [0.2, 0.25) is 0 Å². The van der Waals surface area contributed by atoms with Gasteiger partial charge in [0, 0.05) is 12.3 Å². The van der Waals surface area contributed by atoms with Gasteiger partial charge in [-0.25, -0.2) is 0 Å². The summed E-state index contributed by atoms with van der Waals surface area (Å²) >= 11 is 5.47. The molecule has 0 radical (unpaired) electrons. The Morgan fingerprint density at radius 3 is 2.81 bits per heavy atom. The SMILES string of the molecule is Cc1ccc(OC(F)F)c(C#CCCCl)c1. The molecule has 0 spiro atoms. The van der Waals surface area contributed by atoms with Crippen molar-refractivity contribution < 1.29 is 13.5 Å². The predicted molar refractivity (Wildman–Crippen MR) is 60.0 cm³/mol. The molecule has 4 heteroatoms. The Morgan fingerprint density at radius 2 is 2.19 bits per heavy atom. The van der Waals surface area contributed by atoms with E-state index >= 15 is 0 Å². The van der Waals surface area contributed by atoms with Crippen LogP contribution in [-0.2, 0) is 0 Å². The molecule has 0 heterocycles. The fourth-order valence-corrected chi connectivity index (χ4v) is 1.24. The van der Waals surface area contributed by atoms with E-state index in [1.54, 1.807) is 12.1 Å². The van der Waals surface area contributed by atoms with Crippen molar-refractivity contribution in [2.45, 2.75) is 20.0 Å².